The molecule has 0 saturated carbocycles. The molecule has 0 unspecified atom stereocenters. The van der Waals surface area contributed by atoms with Crippen LogP contribution in [-0.4, -0.2) is 57.1 Å². The molecule has 0 aromatic rings. The first kappa shape index (κ1) is 10.9. The number of nitrogens with two attached hydrogens (primary N) is 1. The fourth-order valence-corrected chi connectivity index (χ4v) is 2.54. The van der Waals surface area contributed by atoms with Crippen LogP contribution in [0.25, 0.3) is 0 Å². The van der Waals surface area contributed by atoms with Crippen molar-refractivity contribution in [3.05, 3.63) is 0 Å². The fraction of sp³-hybridized carbons (Fsp3) is 0.909. The Morgan fingerprint density at radius 2 is 2.13 bits per heavy atom. The van der Waals surface area contributed by atoms with Crippen molar-refractivity contribution in [1.82, 2.24) is 4.90 Å². The Hall–Kier alpha value is -0.610. The van der Waals surface area contributed by atoms with Gasteiger partial charge in [-0.05, 0) is 12.8 Å². The summed E-state index contributed by atoms with van der Waals surface area (Å²) in [4.78, 5) is 15.8. The van der Waals surface area contributed by atoms with E-state index in [4.69, 9.17) is 0 Å². The van der Waals surface area contributed by atoms with Crippen LogP contribution in [0.2, 0.25) is 0 Å². The molecule has 0 aliphatic carbocycles. The third-order valence-corrected chi connectivity index (χ3v) is 3.69. The van der Waals surface area contributed by atoms with Gasteiger partial charge >= 0.3 is 0 Å². The topological polar surface area (TPSA) is 41.4 Å². The number of piperazine rings is 1. The quantitative estimate of drug-likeness (QED) is 0.490. The smallest absolute Gasteiger partial charge is 0.231 e. The van der Waals surface area contributed by atoms with Gasteiger partial charge < -0.3 is 15.1 Å². The fourth-order valence-electron chi connectivity index (χ4n) is 2.54. The number of likely N-dealkylation sites (N-methyl/N-ethyl adjacent to an activating group) is 1. The molecule has 2 heterocycles. The van der Waals surface area contributed by atoms with E-state index in [1.807, 2.05) is 0 Å². The second-order valence-corrected chi connectivity index (χ2v) is 4.93. The molecule has 2 rings (SSSR count). The second kappa shape index (κ2) is 4.94. The predicted octanol–water partition coefficient (Wildman–Crippen LogP) is -2.68. The molecule has 2 aliphatic heterocycles. The maximum absolute atomic E-state index is 12.2. The lowest BCUT2D eigenvalue weighted by Gasteiger charge is -2.33. The number of piperidine rings is 1. The largest absolute Gasteiger partial charge is 0.346 e. The van der Waals surface area contributed by atoms with Gasteiger partial charge in [-0.2, -0.15) is 0 Å². The van der Waals surface area contributed by atoms with E-state index in [0.29, 0.717) is 11.8 Å². The van der Waals surface area contributed by atoms with Crippen LogP contribution < -0.4 is 10.2 Å². The van der Waals surface area contributed by atoms with Crippen molar-refractivity contribution in [1.29, 1.82) is 0 Å². The highest BCUT2D eigenvalue weighted by Gasteiger charge is 2.30. The normalized spacial score (nSPS) is 29.1. The molecule has 15 heavy (non-hydrogen) atoms. The molecule has 1 atom stereocenters. The number of quaternary nitrogens is 2. The summed E-state index contributed by atoms with van der Waals surface area (Å²) in [5.74, 6) is 0.718. The maximum atomic E-state index is 12.2. The second-order valence-electron chi connectivity index (χ2n) is 4.93. The molecule has 0 aromatic carbocycles. The van der Waals surface area contributed by atoms with E-state index < -0.39 is 0 Å². The van der Waals surface area contributed by atoms with E-state index in [1.54, 1.807) is 4.90 Å². The third-order valence-electron chi connectivity index (χ3n) is 3.69. The van der Waals surface area contributed by atoms with E-state index >= 15 is 0 Å². The van der Waals surface area contributed by atoms with Crippen LogP contribution in [0.15, 0.2) is 0 Å². The zero-order chi connectivity index (χ0) is 10.7. The van der Waals surface area contributed by atoms with Gasteiger partial charge in [-0.25, -0.2) is 0 Å². The van der Waals surface area contributed by atoms with Crippen LogP contribution >= 0.6 is 0 Å². The van der Waals surface area contributed by atoms with Crippen molar-refractivity contribution >= 4 is 5.91 Å². The van der Waals surface area contributed by atoms with Crippen molar-refractivity contribution in [2.45, 2.75) is 12.8 Å². The number of nitrogens with one attached hydrogen (secondary N) is 1. The number of rotatable bonds is 1. The van der Waals surface area contributed by atoms with Crippen molar-refractivity contribution in [3.63, 3.8) is 0 Å². The van der Waals surface area contributed by atoms with Gasteiger partial charge in [0.1, 0.15) is 0 Å². The molecule has 1 amide bonds. The molecule has 0 spiro atoms. The lowest BCUT2D eigenvalue weighted by molar-refractivity contribution is -0.883. The van der Waals surface area contributed by atoms with Crippen molar-refractivity contribution in [2.75, 3.05) is 46.3 Å². The zero-order valence-electron chi connectivity index (χ0n) is 9.67. The van der Waals surface area contributed by atoms with Gasteiger partial charge in [-0.3, -0.25) is 4.79 Å². The van der Waals surface area contributed by atoms with Crippen LogP contribution in [0.3, 0.4) is 0 Å². The molecular formula is C11H23N3O+2. The highest BCUT2D eigenvalue weighted by atomic mass is 16.2. The standard InChI is InChI=1S/C11H21N3O/c1-13-5-7-14(8-6-13)11(15)10-3-2-4-12-9-10/h10,12H,2-9H2,1H3/p+2/t10-/m1/s1. The molecule has 4 nitrogen and oxygen atoms in total. The SMILES string of the molecule is C[NH+]1CCN(C(=O)[C@@H]2CCC[NH2+]C2)CC1. The number of hydrogen-bond donors (Lipinski definition) is 2. The summed E-state index contributed by atoms with van der Waals surface area (Å²) < 4.78 is 0. The molecule has 4 heteroatoms. The first-order chi connectivity index (χ1) is 7.27. The summed E-state index contributed by atoms with van der Waals surface area (Å²) in [5.41, 5.74) is 0. The lowest BCUT2D eigenvalue weighted by atomic mass is 9.98. The minimum Gasteiger partial charge on any atom is -0.346 e. The Bertz CT molecular complexity index is 218. The van der Waals surface area contributed by atoms with E-state index in [2.05, 4.69) is 17.3 Å². The molecule has 0 aromatic heterocycles. The minimum atomic E-state index is 0.303. The highest BCUT2D eigenvalue weighted by molar-refractivity contribution is 5.79. The summed E-state index contributed by atoms with van der Waals surface area (Å²) in [5, 5.41) is 2.29. The Morgan fingerprint density at radius 1 is 1.40 bits per heavy atom. The van der Waals surface area contributed by atoms with E-state index in [9.17, 15) is 4.79 Å². The molecule has 2 saturated heterocycles. The molecule has 0 radical (unpaired) electrons. The summed E-state index contributed by atoms with van der Waals surface area (Å²) >= 11 is 0. The van der Waals surface area contributed by atoms with Crippen LogP contribution in [0.4, 0.5) is 0 Å². The van der Waals surface area contributed by atoms with Gasteiger partial charge in [0.2, 0.25) is 5.91 Å². The molecular weight excluding hydrogens is 190 g/mol. The number of hydrogen-bond acceptors (Lipinski definition) is 1. The Labute approximate surface area is 91.6 Å². The van der Waals surface area contributed by atoms with Crippen LogP contribution in [0, 0.1) is 5.92 Å². The van der Waals surface area contributed by atoms with Gasteiger partial charge in [0, 0.05) is 0 Å². The lowest BCUT2D eigenvalue weighted by Crippen LogP contribution is -3.12. The van der Waals surface area contributed by atoms with Crippen LogP contribution in [0.5, 0.6) is 0 Å². The average molecular weight is 213 g/mol. The van der Waals surface area contributed by atoms with E-state index in [0.717, 1.165) is 39.1 Å². The highest BCUT2D eigenvalue weighted by Crippen LogP contribution is 2.10. The van der Waals surface area contributed by atoms with Gasteiger partial charge in [-0.15, -0.1) is 0 Å². The Kier molecular flexibility index (Phi) is 3.59. The van der Waals surface area contributed by atoms with Gasteiger partial charge in [0.05, 0.1) is 52.2 Å². The summed E-state index contributed by atoms with van der Waals surface area (Å²) in [6.07, 6.45) is 2.31. The van der Waals surface area contributed by atoms with E-state index in [-0.39, 0.29) is 0 Å². The zero-order valence-corrected chi connectivity index (χ0v) is 9.67. The van der Waals surface area contributed by atoms with E-state index in [1.165, 1.54) is 13.0 Å². The summed E-state index contributed by atoms with van der Waals surface area (Å²) in [7, 11) is 2.20. The maximum Gasteiger partial charge on any atom is 0.231 e. The van der Waals surface area contributed by atoms with Gasteiger partial charge in [0.25, 0.3) is 0 Å². The molecule has 2 aliphatic rings. The molecule has 2 fully saturated rings. The summed E-state index contributed by atoms with van der Waals surface area (Å²) in [6.45, 7) is 6.36. The summed E-state index contributed by atoms with van der Waals surface area (Å²) in [6, 6.07) is 0. The first-order valence-electron chi connectivity index (χ1n) is 6.19. The number of carbonyl (C=O) groups is 1. The Morgan fingerprint density at radius 3 is 2.73 bits per heavy atom. The van der Waals surface area contributed by atoms with Gasteiger partial charge in [-0.1, -0.05) is 0 Å². The van der Waals surface area contributed by atoms with Crippen molar-refractivity contribution in [3.8, 4) is 0 Å². The average Bonchev–Trinajstić information content (AvgIpc) is 2.30. The van der Waals surface area contributed by atoms with Gasteiger partial charge in [0.15, 0.2) is 0 Å². The number of nitrogens with zero attached hydrogens (tertiary/aromatic N) is 1. The monoisotopic (exact) mass is 213 g/mol. The third kappa shape index (κ3) is 2.69. The molecule has 3 N–H and O–H groups in total. The minimum absolute atomic E-state index is 0.303. The van der Waals surface area contributed by atoms with Crippen molar-refractivity contribution in [2.24, 2.45) is 5.92 Å². The molecule has 86 valence electrons. The first-order valence-corrected chi connectivity index (χ1v) is 6.19. The molecule has 0 bridgehead atoms. The number of carbonyl (C=O) groups excluding carboxylic acids is 1. The Balaban J connectivity index is 1.84. The predicted molar refractivity (Wildman–Crippen MR) is 57.6 cm³/mol. The van der Waals surface area contributed by atoms with Crippen molar-refractivity contribution < 1.29 is 15.0 Å². The number of amides is 1. The van der Waals surface area contributed by atoms with Crippen LogP contribution in [-0.2, 0) is 4.79 Å². The van der Waals surface area contributed by atoms with Crippen LogP contribution in [0.1, 0.15) is 12.8 Å².